The molecule has 0 bridgehead atoms. The Morgan fingerprint density at radius 3 is 1.49 bits per heavy atom. The molecule has 0 N–H and O–H groups in total. The van der Waals surface area contributed by atoms with Crippen LogP contribution in [0.3, 0.4) is 0 Å². The first kappa shape index (κ1) is 29.1. The molecule has 0 aliphatic rings. The smallest absolute Gasteiger partial charge is 0.113 e. The Morgan fingerprint density at radius 2 is 1.07 bits per heavy atom. The molecule has 5 heteroatoms. The molecule has 0 fully saturated rings. The zero-order valence-corrected chi connectivity index (χ0v) is 24.0. The highest BCUT2D eigenvalue weighted by molar-refractivity contribution is 5.65. The highest BCUT2D eigenvalue weighted by Gasteiger charge is 2.38. The lowest BCUT2D eigenvalue weighted by Gasteiger charge is -2.37. The van der Waals surface area contributed by atoms with Gasteiger partial charge in [-0.2, -0.15) is 0 Å². The highest BCUT2D eigenvalue weighted by atomic mass is 16.5. The van der Waals surface area contributed by atoms with Gasteiger partial charge in [0, 0.05) is 29.4 Å². The highest BCUT2D eigenvalue weighted by Crippen LogP contribution is 2.45. The standard InChI is InChI=1S/C38H31N3O2/c1-5-29-8-16-33(17-9-29)38(34-18-10-30(6-2)11-19-34,35-20-12-31(7-3)13-21-35)36-22-14-32(15-23-36)37-28-41(40-39-37)24-25-43-27-26-42-4/h1-3,8-23,28H,24-27H2,4H3. The third kappa shape index (κ3) is 6.13. The molecule has 0 amide bonds. The number of methoxy groups -OCH3 is 1. The van der Waals surface area contributed by atoms with E-state index in [-0.39, 0.29) is 0 Å². The fraction of sp³-hybridized carbons (Fsp3) is 0.158. The zero-order chi connectivity index (χ0) is 30.1. The van der Waals surface area contributed by atoms with Gasteiger partial charge in [0.05, 0.1) is 38.0 Å². The van der Waals surface area contributed by atoms with Gasteiger partial charge < -0.3 is 9.47 Å². The molecule has 4 aromatic carbocycles. The van der Waals surface area contributed by atoms with E-state index in [1.807, 2.05) is 42.6 Å². The summed E-state index contributed by atoms with van der Waals surface area (Å²) in [7, 11) is 1.65. The van der Waals surface area contributed by atoms with Crippen LogP contribution in [0.15, 0.2) is 103 Å². The molecule has 0 atom stereocenters. The Bertz CT molecular complexity index is 1640. The Labute approximate surface area is 253 Å². The minimum absolute atomic E-state index is 0.531. The van der Waals surface area contributed by atoms with Gasteiger partial charge in [0.15, 0.2) is 0 Å². The Balaban J connectivity index is 1.61. The summed E-state index contributed by atoms with van der Waals surface area (Å²) in [5.74, 6) is 8.19. The van der Waals surface area contributed by atoms with Crippen LogP contribution in [0.2, 0.25) is 0 Å². The molecular formula is C38H31N3O2. The van der Waals surface area contributed by atoms with Crippen molar-refractivity contribution in [2.45, 2.75) is 12.0 Å². The lowest BCUT2D eigenvalue weighted by molar-refractivity contribution is 0.0652. The second-order valence-corrected chi connectivity index (χ2v) is 9.96. The van der Waals surface area contributed by atoms with E-state index in [2.05, 4.69) is 88.7 Å². The minimum Gasteiger partial charge on any atom is -0.382 e. The van der Waals surface area contributed by atoms with E-state index in [1.54, 1.807) is 11.8 Å². The van der Waals surface area contributed by atoms with E-state index in [4.69, 9.17) is 28.7 Å². The molecule has 0 aliphatic heterocycles. The monoisotopic (exact) mass is 561 g/mol. The summed E-state index contributed by atoms with van der Waals surface area (Å²) < 4.78 is 12.4. The number of terminal acetylenes is 3. The average Bonchev–Trinajstić information content (AvgIpc) is 3.55. The molecule has 0 aliphatic carbocycles. The third-order valence-corrected chi connectivity index (χ3v) is 7.50. The lowest BCUT2D eigenvalue weighted by atomic mass is 9.65. The van der Waals surface area contributed by atoms with E-state index in [0.29, 0.717) is 26.4 Å². The van der Waals surface area contributed by atoms with Crippen LogP contribution < -0.4 is 0 Å². The van der Waals surface area contributed by atoms with Crippen molar-refractivity contribution in [3.8, 4) is 48.3 Å². The molecule has 0 spiro atoms. The molecule has 5 rings (SSSR count). The fourth-order valence-corrected chi connectivity index (χ4v) is 5.28. The van der Waals surface area contributed by atoms with Gasteiger partial charge in [-0.1, -0.05) is 83.6 Å². The maximum absolute atomic E-state index is 5.71. The van der Waals surface area contributed by atoms with Crippen LogP contribution in [-0.2, 0) is 21.4 Å². The second-order valence-electron chi connectivity index (χ2n) is 9.96. The van der Waals surface area contributed by atoms with Crippen molar-refractivity contribution in [3.05, 3.63) is 142 Å². The van der Waals surface area contributed by atoms with Crippen molar-refractivity contribution >= 4 is 0 Å². The van der Waals surface area contributed by atoms with Crippen molar-refractivity contribution in [1.82, 2.24) is 15.0 Å². The van der Waals surface area contributed by atoms with Gasteiger partial charge in [0.2, 0.25) is 0 Å². The molecule has 0 radical (unpaired) electrons. The van der Waals surface area contributed by atoms with Crippen molar-refractivity contribution in [3.63, 3.8) is 0 Å². The molecule has 0 unspecified atom stereocenters. The zero-order valence-electron chi connectivity index (χ0n) is 24.0. The maximum Gasteiger partial charge on any atom is 0.113 e. The minimum atomic E-state index is -0.691. The van der Waals surface area contributed by atoms with Crippen molar-refractivity contribution in [2.24, 2.45) is 0 Å². The fourth-order valence-electron chi connectivity index (χ4n) is 5.28. The van der Waals surface area contributed by atoms with Crippen LogP contribution in [0.25, 0.3) is 11.3 Å². The van der Waals surface area contributed by atoms with Gasteiger partial charge in [-0.25, -0.2) is 4.68 Å². The van der Waals surface area contributed by atoms with Crippen LogP contribution in [0.1, 0.15) is 38.9 Å². The first-order valence-electron chi connectivity index (χ1n) is 13.9. The van der Waals surface area contributed by atoms with Crippen molar-refractivity contribution < 1.29 is 9.47 Å². The van der Waals surface area contributed by atoms with E-state index >= 15 is 0 Å². The van der Waals surface area contributed by atoms with Gasteiger partial charge in [0.25, 0.3) is 0 Å². The number of ether oxygens (including phenoxy) is 2. The topological polar surface area (TPSA) is 49.2 Å². The summed E-state index contributed by atoms with van der Waals surface area (Å²) in [6.07, 6.45) is 19.1. The molecule has 1 heterocycles. The van der Waals surface area contributed by atoms with Crippen molar-refractivity contribution in [2.75, 3.05) is 26.9 Å². The number of hydrogen-bond acceptors (Lipinski definition) is 4. The van der Waals surface area contributed by atoms with Gasteiger partial charge in [-0.15, -0.1) is 24.4 Å². The maximum atomic E-state index is 5.71. The molecule has 1 aromatic heterocycles. The Kier molecular flexibility index (Phi) is 9.16. The predicted molar refractivity (Wildman–Crippen MR) is 170 cm³/mol. The van der Waals surface area contributed by atoms with Crippen molar-refractivity contribution in [1.29, 1.82) is 0 Å². The number of nitrogens with zero attached hydrogens (tertiary/aromatic N) is 3. The Hall–Kier alpha value is -5.38. The first-order chi connectivity index (χ1) is 21.1. The normalized spacial score (nSPS) is 10.9. The summed E-state index contributed by atoms with van der Waals surface area (Å²) in [5, 5.41) is 8.68. The lowest BCUT2D eigenvalue weighted by Crippen LogP contribution is -2.31. The molecule has 5 nitrogen and oxygen atoms in total. The first-order valence-corrected chi connectivity index (χ1v) is 13.9. The van der Waals surface area contributed by atoms with E-state index in [1.165, 1.54) is 0 Å². The van der Waals surface area contributed by atoms with Crippen LogP contribution in [0.4, 0.5) is 0 Å². The molecule has 210 valence electrons. The summed E-state index contributed by atoms with van der Waals surface area (Å²) in [6.45, 7) is 2.24. The Morgan fingerprint density at radius 1 is 0.628 bits per heavy atom. The summed E-state index contributed by atoms with van der Waals surface area (Å²) in [4.78, 5) is 0. The quantitative estimate of drug-likeness (QED) is 0.114. The van der Waals surface area contributed by atoms with Crippen LogP contribution >= 0.6 is 0 Å². The number of aromatic nitrogens is 3. The van der Waals surface area contributed by atoms with Gasteiger partial charge >= 0.3 is 0 Å². The number of benzene rings is 4. The van der Waals surface area contributed by atoms with Crippen LogP contribution in [-0.4, -0.2) is 41.9 Å². The van der Waals surface area contributed by atoms with Gasteiger partial charge in [0.1, 0.15) is 5.69 Å². The molecule has 0 saturated carbocycles. The molecule has 43 heavy (non-hydrogen) atoms. The van der Waals surface area contributed by atoms with E-state index in [0.717, 1.165) is 50.2 Å². The van der Waals surface area contributed by atoms with E-state index in [9.17, 15) is 0 Å². The van der Waals surface area contributed by atoms with Crippen LogP contribution in [0.5, 0.6) is 0 Å². The summed E-state index contributed by atoms with van der Waals surface area (Å²) >= 11 is 0. The summed E-state index contributed by atoms with van der Waals surface area (Å²) in [5.41, 5.74) is 7.71. The number of rotatable bonds is 11. The predicted octanol–water partition coefficient (Wildman–Crippen LogP) is 5.93. The van der Waals surface area contributed by atoms with Gasteiger partial charge in [-0.3, -0.25) is 0 Å². The van der Waals surface area contributed by atoms with E-state index < -0.39 is 5.41 Å². The second kappa shape index (κ2) is 13.5. The summed E-state index contributed by atoms with van der Waals surface area (Å²) in [6, 6.07) is 32.8. The largest absolute Gasteiger partial charge is 0.382 e. The molecular weight excluding hydrogens is 530 g/mol. The number of hydrogen-bond donors (Lipinski definition) is 0. The SMILES string of the molecule is C#Cc1ccc(C(c2ccc(C#C)cc2)(c2ccc(C#C)cc2)c2ccc(-c3cn(CCOCCOC)nn3)cc2)cc1. The average molecular weight is 562 g/mol. The third-order valence-electron chi connectivity index (χ3n) is 7.50. The molecule has 5 aromatic rings. The van der Waals surface area contributed by atoms with Crippen LogP contribution in [0, 0.1) is 37.0 Å². The molecule has 0 saturated heterocycles. The van der Waals surface area contributed by atoms with Gasteiger partial charge in [-0.05, 0) is 58.7 Å².